The smallest absolute Gasteiger partial charge is 0.337 e. The maximum absolute atomic E-state index is 12.6. The zero-order valence-corrected chi connectivity index (χ0v) is 16.9. The minimum Gasteiger partial charge on any atom is -0.465 e. The van der Waals surface area contributed by atoms with Gasteiger partial charge >= 0.3 is 5.97 Å². The molecule has 0 heterocycles. The number of hydrogen-bond donors (Lipinski definition) is 1. The van der Waals surface area contributed by atoms with Crippen LogP contribution in [0.2, 0.25) is 0 Å². The predicted octanol–water partition coefficient (Wildman–Crippen LogP) is 3.76. The Morgan fingerprint density at radius 1 is 1.04 bits per heavy atom. The molecule has 0 aliphatic heterocycles. The molecule has 0 radical (unpaired) electrons. The Morgan fingerprint density at radius 3 is 2.32 bits per heavy atom. The SMILES string of the molecule is COC(=O)c1cccc(NC(=O)CN(C(C)=O)c2ccccc2C(C)(C)C)c1. The van der Waals surface area contributed by atoms with E-state index in [2.05, 4.69) is 26.1 Å². The van der Waals surface area contributed by atoms with Gasteiger partial charge in [-0.05, 0) is 35.2 Å². The molecule has 0 unspecified atom stereocenters. The van der Waals surface area contributed by atoms with Crippen molar-refractivity contribution >= 4 is 29.2 Å². The summed E-state index contributed by atoms with van der Waals surface area (Å²) >= 11 is 0. The van der Waals surface area contributed by atoms with Gasteiger partial charge in [0, 0.05) is 18.3 Å². The summed E-state index contributed by atoms with van der Waals surface area (Å²) in [5.74, 6) is -1.07. The van der Waals surface area contributed by atoms with Crippen LogP contribution in [0.5, 0.6) is 0 Å². The Balaban J connectivity index is 2.24. The highest BCUT2D eigenvalue weighted by Gasteiger charge is 2.24. The Hall–Kier alpha value is -3.15. The molecule has 6 heteroatoms. The fourth-order valence-electron chi connectivity index (χ4n) is 2.90. The van der Waals surface area contributed by atoms with Crippen LogP contribution in [0.25, 0.3) is 0 Å². The van der Waals surface area contributed by atoms with Gasteiger partial charge in [0.2, 0.25) is 11.8 Å². The summed E-state index contributed by atoms with van der Waals surface area (Å²) in [4.78, 5) is 38.0. The third kappa shape index (κ3) is 5.19. The Labute approximate surface area is 165 Å². The lowest BCUT2D eigenvalue weighted by atomic mass is 9.85. The zero-order valence-electron chi connectivity index (χ0n) is 16.9. The normalized spacial score (nSPS) is 10.9. The van der Waals surface area contributed by atoms with E-state index in [0.717, 1.165) is 5.56 Å². The van der Waals surface area contributed by atoms with E-state index in [0.29, 0.717) is 16.9 Å². The van der Waals surface area contributed by atoms with Crippen molar-refractivity contribution in [1.29, 1.82) is 0 Å². The quantitative estimate of drug-likeness (QED) is 0.799. The predicted molar refractivity (Wildman–Crippen MR) is 110 cm³/mol. The number of methoxy groups -OCH3 is 1. The van der Waals surface area contributed by atoms with Crippen LogP contribution >= 0.6 is 0 Å². The molecule has 0 aromatic heterocycles. The molecule has 2 rings (SSSR count). The molecular weight excluding hydrogens is 356 g/mol. The minimum absolute atomic E-state index is 0.134. The van der Waals surface area contributed by atoms with E-state index >= 15 is 0 Å². The van der Waals surface area contributed by atoms with Crippen molar-refractivity contribution in [2.75, 3.05) is 23.9 Å². The summed E-state index contributed by atoms with van der Waals surface area (Å²) < 4.78 is 4.69. The van der Waals surface area contributed by atoms with E-state index in [1.54, 1.807) is 18.2 Å². The number of esters is 1. The van der Waals surface area contributed by atoms with Gasteiger partial charge in [-0.1, -0.05) is 45.0 Å². The van der Waals surface area contributed by atoms with Gasteiger partial charge in [0.1, 0.15) is 6.54 Å². The van der Waals surface area contributed by atoms with Gasteiger partial charge in [-0.2, -0.15) is 0 Å². The molecule has 0 spiro atoms. The molecule has 0 fully saturated rings. The maximum atomic E-state index is 12.6. The summed E-state index contributed by atoms with van der Waals surface area (Å²) in [5.41, 5.74) is 2.30. The van der Waals surface area contributed by atoms with Crippen molar-refractivity contribution in [3.05, 3.63) is 59.7 Å². The molecule has 6 nitrogen and oxygen atoms in total. The topological polar surface area (TPSA) is 75.7 Å². The number of anilines is 2. The molecule has 2 aromatic carbocycles. The summed E-state index contributed by atoms with van der Waals surface area (Å²) in [7, 11) is 1.30. The lowest BCUT2D eigenvalue weighted by molar-refractivity contribution is -0.120. The number of carbonyl (C=O) groups is 3. The van der Waals surface area contributed by atoms with Crippen molar-refractivity contribution in [2.24, 2.45) is 0 Å². The summed E-state index contributed by atoms with van der Waals surface area (Å²) in [6.45, 7) is 7.48. The van der Waals surface area contributed by atoms with Crippen LogP contribution in [0.4, 0.5) is 11.4 Å². The second-order valence-corrected chi connectivity index (χ2v) is 7.49. The number of nitrogens with zero attached hydrogens (tertiary/aromatic N) is 1. The molecule has 1 N–H and O–H groups in total. The van der Waals surface area contributed by atoms with E-state index in [-0.39, 0.29) is 23.8 Å². The number of carbonyl (C=O) groups excluding carboxylic acids is 3. The second kappa shape index (κ2) is 8.69. The Bertz CT molecular complexity index is 884. The Kier molecular flexibility index (Phi) is 6.57. The average molecular weight is 382 g/mol. The van der Waals surface area contributed by atoms with E-state index in [1.165, 1.54) is 25.0 Å². The van der Waals surface area contributed by atoms with Crippen LogP contribution in [-0.4, -0.2) is 31.4 Å². The average Bonchev–Trinajstić information content (AvgIpc) is 2.64. The Morgan fingerprint density at radius 2 is 1.71 bits per heavy atom. The van der Waals surface area contributed by atoms with Gasteiger partial charge in [0.05, 0.1) is 12.7 Å². The number of para-hydroxylation sites is 1. The lowest BCUT2D eigenvalue weighted by Gasteiger charge is -2.29. The fraction of sp³-hybridized carbons (Fsp3) is 0.318. The molecular formula is C22H26N2O4. The minimum atomic E-state index is -0.486. The molecule has 0 aliphatic rings. The molecule has 2 aromatic rings. The van der Waals surface area contributed by atoms with E-state index < -0.39 is 5.97 Å². The highest BCUT2D eigenvalue weighted by molar-refractivity contribution is 6.02. The second-order valence-electron chi connectivity index (χ2n) is 7.49. The standard InChI is InChI=1S/C22H26N2O4/c1-15(25)24(19-12-7-6-11-18(19)22(2,3)4)14-20(26)23-17-10-8-9-16(13-17)21(27)28-5/h6-13H,14H2,1-5H3,(H,23,26). The maximum Gasteiger partial charge on any atom is 0.337 e. The van der Waals surface area contributed by atoms with Crippen LogP contribution in [0, 0.1) is 0 Å². The summed E-state index contributed by atoms with van der Waals surface area (Å²) in [6.07, 6.45) is 0. The van der Waals surface area contributed by atoms with Crippen molar-refractivity contribution < 1.29 is 19.1 Å². The fourth-order valence-corrected chi connectivity index (χ4v) is 2.90. The first-order valence-electron chi connectivity index (χ1n) is 8.99. The van der Waals surface area contributed by atoms with Crippen LogP contribution < -0.4 is 10.2 Å². The monoisotopic (exact) mass is 382 g/mol. The van der Waals surface area contributed by atoms with Crippen LogP contribution in [0.3, 0.4) is 0 Å². The van der Waals surface area contributed by atoms with Crippen LogP contribution in [0.15, 0.2) is 48.5 Å². The number of ether oxygens (including phenoxy) is 1. The number of benzene rings is 2. The third-order valence-electron chi connectivity index (χ3n) is 4.25. The first-order chi connectivity index (χ1) is 13.1. The summed E-state index contributed by atoms with van der Waals surface area (Å²) in [6, 6.07) is 14.0. The number of hydrogen-bond acceptors (Lipinski definition) is 4. The van der Waals surface area contributed by atoms with Crippen LogP contribution in [-0.2, 0) is 19.7 Å². The van der Waals surface area contributed by atoms with Gasteiger partial charge in [-0.3, -0.25) is 9.59 Å². The largest absolute Gasteiger partial charge is 0.465 e. The van der Waals surface area contributed by atoms with Crippen molar-refractivity contribution in [3.63, 3.8) is 0 Å². The highest BCUT2D eigenvalue weighted by atomic mass is 16.5. The van der Waals surface area contributed by atoms with Gasteiger partial charge in [-0.15, -0.1) is 0 Å². The molecule has 148 valence electrons. The number of amides is 2. The van der Waals surface area contributed by atoms with Gasteiger partial charge in [-0.25, -0.2) is 4.79 Å². The van der Waals surface area contributed by atoms with Gasteiger partial charge in [0.15, 0.2) is 0 Å². The van der Waals surface area contributed by atoms with Crippen molar-refractivity contribution in [2.45, 2.75) is 33.1 Å². The van der Waals surface area contributed by atoms with E-state index in [4.69, 9.17) is 4.74 Å². The summed E-state index contributed by atoms with van der Waals surface area (Å²) in [5, 5.41) is 2.73. The molecule has 0 aliphatic carbocycles. The lowest BCUT2D eigenvalue weighted by Crippen LogP contribution is -2.38. The van der Waals surface area contributed by atoms with E-state index in [9.17, 15) is 14.4 Å². The number of nitrogens with one attached hydrogen (secondary N) is 1. The highest BCUT2D eigenvalue weighted by Crippen LogP contribution is 2.32. The zero-order chi connectivity index (χ0) is 20.9. The van der Waals surface area contributed by atoms with Crippen molar-refractivity contribution in [1.82, 2.24) is 0 Å². The molecule has 0 bridgehead atoms. The van der Waals surface area contributed by atoms with Crippen molar-refractivity contribution in [3.8, 4) is 0 Å². The number of rotatable bonds is 5. The van der Waals surface area contributed by atoms with E-state index in [1.807, 2.05) is 24.3 Å². The molecule has 0 atom stereocenters. The van der Waals surface area contributed by atoms with Crippen LogP contribution in [0.1, 0.15) is 43.6 Å². The van der Waals surface area contributed by atoms with Gasteiger partial charge < -0.3 is 15.0 Å². The molecule has 0 saturated heterocycles. The third-order valence-corrected chi connectivity index (χ3v) is 4.25. The molecule has 0 saturated carbocycles. The molecule has 28 heavy (non-hydrogen) atoms. The molecule has 2 amide bonds. The first-order valence-corrected chi connectivity index (χ1v) is 8.99. The van der Waals surface area contributed by atoms with Gasteiger partial charge in [0.25, 0.3) is 0 Å². The first kappa shape index (κ1) is 21.2.